The van der Waals surface area contributed by atoms with Crippen molar-refractivity contribution >= 4 is 5.91 Å². The van der Waals surface area contributed by atoms with Gasteiger partial charge in [0.15, 0.2) is 6.61 Å². The van der Waals surface area contributed by atoms with E-state index in [0.29, 0.717) is 18.1 Å². The Bertz CT molecular complexity index is 422. The number of amides is 1. The van der Waals surface area contributed by atoms with Crippen molar-refractivity contribution in [3.05, 3.63) is 29.8 Å². The number of ether oxygens (including phenoxy) is 1. The second kappa shape index (κ2) is 7.29. The molecule has 4 heteroatoms. The Kier molecular flexibility index (Phi) is 6.02. The van der Waals surface area contributed by atoms with Crippen LogP contribution in [0.4, 0.5) is 0 Å². The number of benzene rings is 1. The predicted molar refractivity (Wildman–Crippen MR) is 80.0 cm³/mol. The topological polar surface area (TPSA) is 58.6 Å². The number of carbonyl (C=O) groups is 1. The van der Waals surface area contributed by atoms with Crippen LogP contribution in [0.3, 0.4) is 0 Å². The zero-order chi connectivity index (χ0) is 15.2. The number of aliphatic hydroxyl groups is 1. The first-order valence-corrected chi connectivity index (χ1v) is 7.05. The lowest BCUT2D eigenvalue weighted by molar-refractivity contribution is -0.125. The lowest BCUT2D eigenvalue weighted by atomic mass is 10.0. The third-order valence-corrected chi connectivity index (χ3v) is 3.49. The molecule has 0 saturated carbocycles. The molecule has 0 fully saturated rings. The maximum absolute atomic E-state index is 11.8. The lowest BCUT2D eigenvalue weighted by Crippen LogP contribution is -2.49. The maximum Gasteiger partial charge on any atom is 0.258 e. The molecule has 0 heterocycles. The van der Waals surface area contributed by atoms with E-state index < -0.39 is 5.54 Å². The molecule has 20 heavy (non-hydrogen) atoms. The van der Waals surface area contributed by atoms with E-state index in [2.05, 4.69) is 19.2 Å². The summed E-state index contributed by atoms with van der Waals surface area (Å²) in [5.41, 5.74) is 0.655. The largest absolute Gasteiger partial charge is 0.484 e. The summed E-state index contributed by atoms with van der Waals surface area (Å²) in [5, 5.41) is 12.0. The summed E-state index contributed by atoms with van der Waals surface area (Å²) in [5.74, 6) is 0.922. The van der Waals surface area contributed by atoms with E-state index in [1.165, 1.54) is 5.56 Å². The molecule has 0 aliphatic carbocycles. The summed E-state index contributed by atoms with van der Waals surface area (Å²) in [6.45, 7) is 7.85. The second-order valence-electron chi connectivity index (χ2n) is 5.63. The Morgan fingerprint density at radius 3 is 2.40 bits per heavy atom. The minimum Gasteiger partial charge on any atom is -0.484 e. The first-order valence-electron chi connectivity index (χ1n) is 7.05. The predicted octanol–water partition coefficient (Wildman–Crippen LogP) is 2.47. The second-order valence-corrected chi connectivity index (χ2v) is 5.63. The van der Waals surface area contributed by atoms with E-state index in [-0.39, 0.29) is 19.1 Å². The third-order valence-electron chi connectivity index (χ3n) is 3.49. The van der Waals surface area contributed by atoms with Gasteiger partial charge >= 0.3 is 0 Å². The maximum atomic E-state index is 11.8. The molecule has 1 atom stereocenters. The third kappa shape index (κ3) is 4.85. The number of nitrogens with one attached hydrogen (secondary N) is 1. The first kappa shape index (κ1) is 16.5. The van der Waals surface area contributed by atoms with Crippen molar-refractivity contribution in [3.63, 3.8) is 0 Å². The highest BCUT2D eigenvalue weighted by molar-refractivity contribution is 5.78. The van der Waals surface area contributed by atoms with Gasteiger partial charge in [0, 0.05) is 0 Å². The molecule has 1 rings (SSSR count). The van der Waals surface area contributed by atoms with Gasteiger partial charge in [0.2, 0.25) is 0 Å². The zero-order valence-electron chi connectivity index (χ0n) is 12.8. The summed E-state index contributed by atoms with van der Waals surface area (Å²) in [4.78, 5) is 11.8. The smallest absolute Gasteiger partial charge is 0.258 e. The quantitative estimate of drug-likeness (QED) is 0.806. The molecular formula is C16H25NO3. The van der Waals surface area contributed by atoms with Crippen LogP contribution in [-0.2, 0) is 4.79 Å². The van der Waals surface area contributed by atoms with Crippen LogP contribution in [0.1, 0.15) is 45.6 Å². The summed E-state index contributed by atoms with van der Waals surface area (Å²) in [6.07, 6.45) is 0.665. The van der Waals surface area contributed by atoms with Crippen molar-refractivity contribution in [1.29, 1.82) is 0 Å². The van der Waals surface area contributed by atoms with Crippen molar-refractivity contribution in [2.24, 2.45) is 0 Å². The van der Waals surface area contributed by atoms with Gasteiger partial charge in [0.1, 0.15) is 5.75 Å². The fourth-order valence-electron chi connectivity index (χ4n) is 1.71. The average Bonchev–Trinajstić information content (AvgIpc) is 2.45. The highest BCUT2D eigenvalue weighted by atomic mass is 16.5. The zero-order valence-corrected chi connectivity index (χ0v) is 12.8. The number of rotatable bonds is 7. The molecule has 2 N–H and O–H groups in total. The van der Waals surface area contributed by atoms with Crippen LogP contribution in [0.2, 0.25) is 0 Å². The molecular weight excluding hydrogens is 254 g/mol. The number of hydrogen-bond donors (Lipinski definition) is 2. The van der Waals surface area contributed by atoms with Crippen LogP contribution in [0.5, 0.6) is 5.75 Å². The molecule has 1 aromatic carbocycles. The van der Waals surface area contributed by atoms with E-state index in [4.69, 9.17) is 4.74 Å². The molecule has 0 bridgehead atoms. The van der Waals surface area contributed by atoms with Gasteiger partial charge < -0.3 is 15.2 Å². The summed E-state index contributed by atoms with van der Waals surface area (Å²) in [7, 11) is 0. The van der Waals surface area contributed by atoms with Crippen molar-refractivity contribution in [1.82, 2.24) is 5.32 Å². The van der Waals surface area contributed by atoms with Gasteiger partial charge in [0.05, 0.1) is 12.1 Å². The van der Waals surface area contributed by atoms with Crippen LogP contribution >= 0.6 is 0 Å². The minimum absolute atomic E-state index is 0.0450. The Balaban J connectivity index is 2.48. The van der Waals surface area contributed by atoms with Crippen LogP contribution < -0.4 is 10.1 Å². The van der Waals surface area contributed by atoms with E-state index in [1.807, 2.05) is 38.1 Å². The number of aliphatic hydroxyl groups excluding tert-OH is 1. The molecule has 112 valence electrons. The Hall–Kier alpha value is -1.55. The molecule has 0 aromatic heterocycles. The molecule has 0 radical (unpaired) electrons. The molecule has 1 aromatic rings. The van der Waals surface area contributed by atoms with Crippen molar-refractivity contribution in [2.75, 3.05) is 13.2 Å². The fourth-order valence-corrected chi connectivity index (χ4v) is 1.71. The van der Waals surface area contributed by atoms with E-state index in [1.54, 1.807) is 0 Å². The Labute approximate surface area is 121 Å². The molecule has 0 aliphatic rings. The average molecular weight is 279 g/mol. The van der Waals surface area contributed by atoms with Gasteiger partial charge in [0.25, 0.3) is 5.91 Å². The molecule has 1 unspecified atom stereocenters. The van der Waals surface area contributed by atoms with Crippen molar-refractivity contribution in [3.8, 4) is 5.75 Å². The molecule has 0 aliphatic heterocycles. The van der Waals surface area contributed by atoms with E-state index in [0.717, 1.165) is 0 Å². The van der Waals surface area contributed by atoms with E-state index >= 15 is 0 Å². The highest BCUT2D eigenvalue weighted by Crippen LogP contribution is 2.18. The summed E-state index contributed by atoms with van der Waals surface area (Å²) >= 11 is 0. The van der Waals surface area contributed by atoms with Crippen LogP contribution in [0.25, 0.3) is 0 Å². The molecule has 4 nitrogen and oxygen atoms in total. The Morgan fingerprint density at radius 1 is 1.35 bits per heavy atom. The van der Waals surface area contributed by atoms with Crippen LogP contribution in [0.15, 0.2) is 24.3 Å². The van der Waals surface area contributed by atoms with Gasteiger partial charge in [-0.15, -0.1) is 0 Å². The summed E-state index contributed by atoms with van der Waals surface area (Å²) < 4.78 is 5.44. The van der Waals surface area contributed by atoms with Gasteiger partial charge in [-0.05, 0) is 37.0 Å². The lowest BCUT2D eigenvalue weighted by Gasteiger charge is -2.27. The number of hydrogen-bond acceptors (Lipinski definition) is 3. The summed E-state index contributed by atoms with van der Waals surface area (Å²) in [6, 6.07) is 7.74. The van der Waals surface area contributed by atoms with Crippen molar-refractivity contribution < 1.29 is 14.6 Å². The molecule has 1 amide bonds. The fraction of sp³-hybridized carbons (Fsp3) is 0.562. The van der Waals surface area contributed by atoms with Crippen molar-refractivity contribution in [2.45, 2.75) is 45.6 Å². The normalized spacial score (nSPS) is 13.9. The minimum atomic E-state index is -0.581. The highest BCUT2D eigenvalue weighted by Gasteiger charge is 2.23. The van der Waals surface area contributed by atoms with Crippen LogP contribution in [-0.4, -0.2) is 29.8 Å². The monoisotopic (exact) mass is 279 g/mol. The van der Waals surface area contributed by atoms with Gasteiger partial charge in [-0.2, -0.15) is 0 Å². The van der Waals surface area contributed by atoms with E-state index in [9.17, 15) is 9.90 Å². The van der Waals surface area contributed by atoms with Crippen LogP contribution in [0, 0.1) is 0 Å². The van der Waals surface area contributed by atoms with Gasteiger partial charge in [-0.25, -0.2) is 0 Å². The Morgan fingerprint density at radius 2 is 1.95 bits per heavy atom. The first-order chi connectivity index (χ1) is 9.40. The van der Waals surface area contributed by atoms with Gasteiger partial charge in [-0.1, -0.05) is 32.9 Å². The molecule has 0 spiro atoms. The molecule has 0 saturated heterocycles. The standard InChI is InChI=1S/C16H25NO3/c1-5-16(4,11-18)17-15(19)10-20-14-8-6-13(7-9-14)12(2)3/h6-9,12,18H,5,10-11H2,1-4H3,(H,17,19). The number of carbonyl (C=O) groups excluding carboxylic acids is 1. The van der Waals surface area contributed by atoms with Gasteiger partial charge in [-0.3, -0.25) is 4.79 Å². The SMILES string of the molecule is CCC(C)(CO)NC(=O)COc1ccc(C(C)C)cc1.